The van der Waals surface area contributed by atoms with Crippen molar-refractivity contribution in [1.29, 1.82) is 0 Å². The van der Waals surface area contributed by atoms with Crippen LogP contribution in [0.25, 0.3) is 87.0 Å². The summed E-state index contributed by atoms with van der Waals surface area (Å²) in [5.74, 6) is 1.19. The van der Waals surface area contributed by atoms with E-state index in [-0.39, 0.29) is 10.8 Å². The molecule has 1 atom stereocenters. The Kier molecular flexibility index (Phi) is 11.1. The van der Waals surface area contributed by atoms with Crippen LogP contribution in [-0.2, 0) is 29.0 Å². The minimum atomic E-state index is -2.02. The van der Waals surface area contributed by atoms with Gasteiger partial charge >= 0.3 is 44.2 Å². The molecule has 0 spiro atoms. The molecule has 0 aliphatic rings. The summed E-state index contributed by atoms with van der Waals surface area (Å²) in [7, 11) is 0.454. The van der Waals surface area contributed by atoms with Gasteiger partial charge < -0.3 is 25.8 Å². The summed E-state index contributed by atoms with van der Waals surface area (Å²) in [6.07, 6.45) is 0. The summed E-state index contributed by atoms with van der Waals surface area (Å²) in [5, 5.41) is 12.6. The van der Waals surface area contributed by atoms with Crippen molar-refractivity contribution in [3.63, 3.8) is 0 Å². The molecule has 0 aliphatic heterocycles. The van der Waals surface area contributed by atoms with Crippen molar-refractivity contribution in [3.05, 3.63) is 169 Å². The van der Waals surface area contributed by atoms with Crippen LogP contribution in [0.15, 0.2) is 168 Å². The molecule has 322 valence electrons. The summed E-state index contributed by atoms with van der Waals surface area (Å²) in [6.45, 7) is 13.1. The van der Waals surface area contributed by atoms with Crippen LogP contribution in [0.1, 0.15) is 52.7 Å². The summed E-state index contributed by atoms with van der Waals surface area (Å²) in [4.78, 5) is 0. The van der Waals surface area contributed by atoms with Gasteiger partial charge in [-0.2, -0.15) is 24.3 Å². The third-order valence-electron chi connectivity index (χ3n) is 11.7. The summed E-state index contributed by atoms with van der Waals surface area (Å²) >= 11 is 2.22. The average Bonchev–Trinajstić information content (AvgIpc) is 3.56. The fourth-order valence-corrected chi connectivity index (χ4v) is 10.9. The Balaban J connectivity index is 0.00000239. The van der Waals surface area contributed by atoms with Gasteiger partial charge in [-0.15, -0.1) is 16.8 Å². The zero-order valence-corrected chi connectivity index (χ0v) is 40.1. The number of rotatable bonds is 4. The second-order valence-corrected chi connectivity index (χ2v) is 19.9. The summed E-state index contributed by atoms with van der Waals surface area (Å²) < 4.78 is 41.4. The molecule has 11 rings (SSSR count). The molecule has 64 heavy (non-hydrogen) atoms. The SMILES string of the molecule is CC(C)(C)c1cc(C(C)(C)C)c(Op2oc3ccc4ccccc4c3c3c(ccc4ccccc43)o2)cc1Op1oc2ccc3c[c-]ccc3c2c2c(ccc3ccccc32)o1.[Cl][Pd+]. The van der Waals surface area contributed by atoms with Crippen LogP contribution in [0, 0.1) is 6.07 Å². The Morgan fingerprint density at radius 3 is 1.16 bits per heavy atom. The van der Waals surface area contributed by atoms with Gasteiger partial charge in [-0.25, -0.2) is 0 Å². The molecule has 2 heterocycles. The van der Waals surface area contributed by atoms with Gasteiger partial charge in [0, 0.05) is 38.7 Å². The molecule has 0 N–H and O–H groups in total. The number of halogens is 1. The van der Waals surface area contributed by atoms with Crippen molar-refractivity contribution < 1.29 is 44.0 Å². The van der Waals surface area contributed by atoms with Gasteiger partial charge in [0.05, 0.1) is 0 Å². The standard InChI is InChI=1S/C54H43O6P2.ClH.Pd/c1-53(2,3)41-31-42(54(4,5)6)48(60-62-57-45-29-25-35-17-9-13-21-39(35)51(45)52-40-22-14-10-18-36(40)26-30-46(52)58-62)32-47(41)59-61-55-43-27-23-33-15-7-11-19-37(33)49(43)50-38-20-12-8-16-34(38)24-28-44(50)56-61;;/h7-9,11-32H,1-6H3;1H;/q-1;;+2/p-1. The van der Waals surface area contributed by atoms with Crippen LogP contribution in [0.4, 0.5) is 0 Å². The van der Waals surface area contributed by atoms with Crippen molar-refractivity contribution in [2.45, 2.75) is 52.4 Å². The number of benzene rings is 9. The van der Waals surface area contributed by atoms with Crippen LogP contribution >= 0.6 is 26.0 Å². The van der Waals surface area contributed by atoms with Crippen LogP contribution < -0.4 is 9.05 Å². The van der Waals surface area contributed by atoms with E-state index in [2.05, 4.69) is 185 Å². The Morgan fingerprint density at radius 1 is 0.438 bits per heavy atom. The van der Waals surface area contributed by atoms with E-state index in [9.17, 15) is 0 Å². The van der Waals surface area contributed by atoms with Gasteiger partial charge in [0.15, 0.2) is 0 Å². The predicted octanol–water partition coefficient (Wildman–Crippen LogP) is 18.3. The van der Waals surface area contributed by atoms with E-state index < -0.39 is 16.5 Å². The van der Waals surface area contributed by atoms with Gasteiger partial charge in [-0.05, 0) is 73.5 Å². The first kappa shape index (κ1) is 42.3. The van der Waals surface area contributed by atoms with E-state index in [0.29, 0.717) is 33.8 Å². The van der Waals surface area contributed by atoms with Crippen molar-refractivity contribution in [1.82, 2.24) is 0 Å². The van der Waals surface area contributed by atoms with Gasteiger partial charge in [0.25, 0.3) is 0 Å². The second-order valence-electron chi connectivity index (χ2n) is 17.9. The number of hydrogen-bond acceptors (Lipinski definition) is 6. The molecule has 0 bridgehead atoms. The Morgan fingerprint density at radius 2 is 0.781 bits per heavy atom. The van der Waals surface area contributed by atoms with E-state index in [1.807, 2.05) is 42.5 Å². The molecule has 0 amide bonds. The first-order valence-corrected chi connectivity index (χ1v) is 25.1. The van der Waals surface area contributed by atoms with E-state index in [4.69, 9.17) is 25.8 Å². The van der Waals surface area contributed by atoms with E-state index in [1.54, 1.807) is 0 Å². The molecular weight excluding hydrogens is 948 g/mol. The normalized spacial score (nSPS) is 12.4. The maximum absolute atomic E-state index is 7.02. The molecule has 9 aromatic carbocycles. The maximum atomic E-state index is 7.02. The quantitative estimate of drug-likeness (QED) is 0.129. The van der Waals surface area contributed by atoms with E-state index >= 15 is 0 Å². The van der Waals surface area contributed by atoms with E-state index in [1.165, 1.54) is 0 Å². The Labute approximate surface area is 387 Å². The molecule has 0 radical (unpaired) electrons. The van der Waals surface area contributed by atoms with Gasteiger partial charge in [0.2, 0.25) is 0 Å². The van der Waals surface area contributed by atoms with Crippen molar-refractivity contribution in [2.24, 2.45) is 0 Å². The molecule has 10 heteroatoms. The average molecular weight is 992 g/mol. The molecule has 0 fully saturated rings. The molecule has 1 unspecified atom stereocenters. The Bertz CT molecular complexity index is 3260. The van der Waals surface area contributed by atoms with Crippen molar-refractivity contribution in [3.8, 4) is 11.5 Å². The summed E-state index contributed by atoms with van der Waals surface area (Å²) in [6, 6.07) is 55.1. The first-order chi connectivity index (χ1) is 31.0. The van der Waals surface area contributed by atoms with Gasteiger partial charge in [-0.1, -0.05) is 133 Å². The fraction of sp³-hybridized carbons (Fsp3) is 0.148. The second kappa shape index (κ2) is 16.7. The van der Waals surface area contributed by atoms with Crippen LogP contribution in [-0.4, -0.2) is 0 Å². The third-order valence-corrected chi connectivity index (χ3v) is 13.8. The molecule has 11 aromatic rings. The van der Waals surface area contributed by atoms with E-state index in [0.717, 1.165) is 75.8 Å². The minimum absolute atomic E-state index is 0.324. The zero-order chi connectivity index (χ0) is 44.3. The number of hydrogen-bond donors (Lipinski definition) is 0. The predicted molar refractivity (Wildman–Crippen MR) is 263 cm³/mol. The van der Waals surface area contributed by atoms with Crippen molar-refractivity contribution >= 4 is 113 Å². The third kappa shape index (κ3) is 7.64. The number of fused-ring (bicyclic) bond motifs is 14. The van der Waals surface area contributed by atoms with Crippen LogP contribution in [0.2, 0.25) is 0 Å². The molecule has 0 saturated heterocycles. The summed E-state index contributed by atoms with van der Waals surface area (Å²) in [5.41, 5.74) is 4.11. The zero-order valence-electron chi connectivity index (χ0n) is 36.0. The molecule has 0 saturated carbocycles. The molecule has 6 nitrogen and oxygen atoms in total. The molecular formula is C54H43ClO6P2Pd. The van der Waals surface area contributed by atoms with Crippen LogP contribution in [0.3, 0.4) is 0 Å². The Hall–Kier alpha value is -5.63. The first-order valence-electron chi connectivity index (χ1n) is 21.0. The topological polar surface area (TPSA) is 71.0 Å². The van der Waals surface area contributed by atoms with Gasteiger partial charge in [0.1, 0.15) is 33.8 Å². The monoisotopic (exact) mass is 990 g/mol. The van der Waals surface area contributed by atoms with Crippen LogP contribution in [0.5, 0.6) is 11.5 Å². The molecule has 0 aliphatic carbocycles. The molecule has 2 aromatic heterocycles. The van der Waals surface area contributed by atoms with Gasteiger partial charge in [-0.3, -0.25) is 0 Å². The fourth-order valence-electron chi connectivity index (χ4n) is 8.76. The van der Waals surface area contributed by atoms with Crippen molar-refractivity contribution in [2.75, 3.05) is 0 Å².